The fraction of sp³-hybridized carbons (Fsp3) is 0.328. The Kier molecular flexibility index (Phi) is 9.31. The van der Waals surface area contributed by atoms with E-state index in [4.69, 9.17) is 15.0 Å². The van der Waals surface area contributed by atoms with Crippen LogP contribution >= 0.6 is 0 Å². The van der Waals surface area contributed by atoms with Crippen LogP contribution < -0.4 is 0 Å². The van der Waals surface area contributed by atoms with Crippen LogP contribution in [-0.4, -0.2) is 24.1 Å². The van der Waals surface area contributed by atoms with E-state index < -0.39 is 0 Å². The van der Waals surface area contributed by atoms with Crippen LogP contribution in [0.3, 0.4) is 0 Å². The van der Waals surface area contributed by atoms with Crippen molar-refractivity contribution in [3.8, 4) is 34.2 Å². The zero-order valence-corrected chi connectivity index (χ0v) is 38.0. The van der Waals surface area contributed by atoms with Gasteiger partial charge in [-0.25, -0.2) is 15.0 Å². The monoisotopic (exact) mass is 825 g/mol. The second-order valence-corrected chi connectivity index (χ2v) is 21.0. The van der Waals surface area contributed by atoms with Crippen LogP contribution in [0.25, 0.3) is 77.8 Å². The molecule has 6 aromatic carbocycles. The van der Waals surface area contributed by atoms with E-state index >= 15 is 0 Å². The highest BCUT2D eigenvalue weighted by Gasteiger charge is 2.46. The SMILES string of the molecule is CC[C@H]1CC2CCC[C@](c3nc(-c4ccccc4-n4c5ccccc5c5ccccc54)nc(-c4ccccc4-n4c5ccc(C(C)(C)C)cc5c5cc(C(C)(C)C)ccc54)n3)(C2)C1. The first kappa shape index (κ1) is 39.8. The van der Waals surface area contributed by atoms with Gasteiger partial charge in [-0.2, -0.15) is 0 Å². The molecule has 3 heterocycles. The summed E-state index contributed by atoms with van der Waals surface area (Å²) in [6.07, 6.45) is 8.47. The minimum atomic E-state index is -0.0788. The van der Waals surface area contributed by atoms with E-state index in [-0.39, 0.29) is 16.2 Å². The van der Waals surface area contributed by atoms with Crippen LogP contribution in [-0.2, 0) is 16.2 Å². The third-order valence-electron chi connectivity index (χ3n) is 14.8. The maximum Gasteiger partial charge on any atom is 0.165 e. The molecule has 0 spiro atoms. The molecule has 9 aromatic rings. The summed E-state index contributed by atoms with van der Waals surface area (Å²) in [5.74, 6) is 3.85. The van der Waals surface area contributed by atoms with E-state index in [0.717, 1.165) is 59.2 Å². The molecule has 11 rings (SSSR count). The molecule has 0 amide bonds. The van der Waals surface area contributed by atoms with Crippen LogP contribution in [0.1, 0.15) is 110 Å². The fourth-order valence-electron chi connectivity index (χ4n) is 11.6. The maximum atomic E-state index is 5.71. The highest BCUT2D eigenvalue weighted by molar-refractivity contribution is 6.11. The van der Waals surface area contributed by atoms with Gasteiger partial charge in [-0.15, -0.1) is 0 Å². The van der Waals surface area contributed by atoms with Gasteiger partial charge in [-0.05, 0) is 120 Å². The first-order valence-corrected chi connectivity index (χ1v) is 23.4. The lowest BCUT2D eigenvalue weighted by atomic mass is 9.58. The van der Waals surface area contributed by atoms with Crippen LogP contribution in [0.4, 0.5) is 0 Å². The Bertz CT molecular complexity index is 3100. The first-order chi connectivity index (χ1) is 30.4. The Morgan fingerprint density at radius 3 is 1.52 bits per heavy atom. The van der Waals surface area contributed by atoms with Gasteiger partial charge >= 0.3 is 0 Å². The molecule has 1 unspecified atom stereocenters. The van der Waals surface area contributed by atoms with Gasteiger partial charge in [0.05, 0.1) is 33.4 Å². The minimum Gasteiger partial charge on any atom is -0.309 e. The van der Waals surface area contributed by atoms with E-state index in [1.54, 1.807) is 0 Å². The number of aromatic nitrogens is 5. The molecule has 2 bridgehead atoms. The van der Waals surface area contributed by atoms with Gasteiger partial charge in [-0.3, -0.25) is 0 Å². The molecular weight excluding hydrogens is 767 g/mol. The molecular formula is C58H59N5. The zero-order chi connectivity index (χ0) is 43.3. The second kappa shape index (κ2) is 14.8. The van der Waals surface area contributed by atoms with Crippen molar-refractivity contribution < 1.29 is 0 Å². The summed E-state index contributed by atoms with van der Waals surface area (Å²) >= 11 is 0. The molecule has 316 valence electrons. The second-order valence-electron chi connectivity index (χ2n) is 21.0. The molecule has 0 radical (unpaired) electrons. The topological polar surface area (TPSA) is 48.5 Å². The van der Waals surface area contributed by atoms with Crippen molar-refractivity contribution in [2.75, 3.05) is 0 Å². The molecule has 0 aliphatic heterocycles. The Morgan fingerprint density at radius 2 is 1.02 bits per heavy atom. The van der Waals surface area contributed by atoms with Crippen molar-refractivity contribution in [3.63, 3.8) is 0 Å². The van der Waals surface area contributed by atoms with Crippen molar-refractivity contribution in [1.29, 1.82) is 0 Å². The molecule has 0 saturated heterocycles. The third-order valence-corrected chi connectivity index (χ3v) is 14.8. The average molecular weight is 826 g/mol. The molecule has 2 aliphatic carbocycles. The smallest absolute Gasteiger partial charge is 0.165 e. The van der Waals surface area contributed by atoms with Crippen molar-refractivity contribution >= 4 is 43.6 Å². The van der Waals surface area contributed by atoms with Gasteiger partial charge in [0.2, 0.25) is 0 Å². The number of para-hydroxylation sites is 4. The van der Waals surface area contributed by atoms with Gasteiger partial charge in [0, 0.05) is 38.1 Å². The summed E-state index contributed by atoms with van der Waals surface area (Å²) in [6, 6.07) is 49.3. The van der Waals surface area contributed by atoms with Gasteiger partial charge in [0.25, 0.3) is 0 Å². The minimum absolute atomic E-state index is 0.0167. The van der Waals surface area contributed by atoms with Crippen molar-refractivity contribution in [1.82, 2.24) is 24.1 Å². The molecule has 3 aromatic heterocycles. The molecule has 5 heteroatoms. The molecule has 0 N–H and O–H groups in total. The predicted octanol–water partition coefficient (Wildman–Crippen LogP) is 15.2. The zero-order valence-electron chi connectivity index (χ0n) is 38.0. The van der Waals surface area contributed by atoms with Gasteiger partial charge in [-0.1, -0.05) is 141 Å². The molecule has 2 aliphatic rings. The molecule has 5 nitrogen and oxygen atoms in total. The Labute approximate surface area is 372 Å². The molecule has 2 saturated carbocycles. The number of rotatable bonds is 6. The summed E-state index contributed by atoms with van der Waals surface area (Å²) in [5, 5.41) is 5.03. The van der Waals surface area contributed by atoms with Crippen molar-refractivity contribution in [2.24, 2.45) is 11.8 Å². The maximum absolute atomic E-state index is 5.71. The van der Waals surface area contributed by atoms with E-state index in [1.807, 2.05) is 0 Å². The Hall–Kier alpha value is -6.07. The Morgan fingerprint density at radius 1 is 0.540 bits per heavy atom. The molecule has 2 fully saturated rings. The van der Waals surface area contributed by atoms with E-state index in [1.165, 1.54) is 80.4 Å². The summed E-state index contributed by atoms with van der Waals surface area (Å²) in [4.78, 5) is 17.0. The molecule has 3 atom stereocenters. The highest BCUT2D eigenvalue weighted by atomic mass is 15.1. The van der Waals surface area contributed by atoms with Gasteiger partial charge < -0.3 is 9.13 Å². The summed E-state index contributed by atoms with van der Waals surface area (Å²) in [5.41, 5.74) is 11.5. The molecule has 63 heavy (non-hydrogen) atoms. The summed E-state index contributed by atoms with van der Waals surface area (Å²) in [7, 11) is 0. The fourth-order valence-corrected chi connectivity index (χ4v) is 11.6. The van der Waals surface area contributed by atoms with Crippen LogP contribution in [0, 0.1) is 11.8 Å². The number of hydrogen-bond acceptors (Lipinski definition) is 3. The quantitative estimate of drug-likeness (QED) is 0.168. The van der Waals surface area contributed by atoms with E-state index in [0.29, 0.717) is 11.8 Å². The van der Waals surface area contributed by atoms with E-state index in [2.05, 4.69) is 191 Å². The third kappa shape index (κ3) is 6.61. The highest BCUT2D eigenvalue weighted by Crippen LogP contribution is 2.53. The van der Waals surface area contributed by atoms with Crippen molar-refractivity contribution in [2.45, 2.75) is 110 Å². The number of nitrogens with zero attached hydrogens (tertiary/aromatic N) is 5. The lowest BCUT2D eigenvalue weighted by Crippen LogP contribution is -2.41. The van der Waals surface area contributed by atoms with Crippen LogP contribution in [0.2, 0.25) is 0 Å². The van der Waals surface area contributed by atoms with Gasteiger partial charge in [0.15, 0.2) is 11.6 Å². The standard InChI is InChI=1S/C58H59N5/c1-8-37-32-38-18-17-31-58(35-37,36-38)55-60-53(43-21-11-15-25-49(43)62-47-23-13-9-19-41(47)42-20-10-14-24-48(42)62)59-54(61-55)44-22-12-16-26-50(44)63-51-29-27-39(56(2,3)4)33-45(51)46-34-40(57(5,6)7)28-30-52(46)63/h9-16,19-30,33-34,37-38H,8,17-18,31-32,35-36H2,1-7H3/t37-,38?,58+/m0/s1. The summed E-state index contributed by atoms with van der Waals surface area (Å²) < 4.78 is 4.88. The van der Waals surface area contributed by atoms with Gasteiger partial charge in [0.1, 0.15) is 5.82 Å². The average Bonchev–Trinajstić information content (AvgIpc) is 3.80. The Balaban J connectivity index is 1.18. The lowest BCUT2D eigenvalue weighted by molar-refractivity contribution is 0.0940. The van der Waals surface area contributed by atoms with E-state index in [9.17, 15) is 0 Å². The largest absolute Gasteiger partial charge is 0.309 e. The van der Waals surface area contributed by atoms with Crippen LogP contribution in [0.15, 0.2) is 133 Å². The predicted molar refractivity (Wildman–Crippen MR) is 263 cm³/mol. The summed E-state index contributed by atoms with van der Waals surface area (Å²) in [6.45, 7) is 16.2. The first-order valence-electron chi connectivity index (χ1n) is 23.4. The number of benzene rings is 6. The normalized spacial score (nSPS) is 19.4. The number of hydrogen-bond donors (Lipinski definition) is 0. The number of fused-ring (bicyclic) bond motifs is 8. The van der Waals surface area contributed by atoms with Crippen LogP contribution in [0.5, 0.6) is 0 Å². The van der Waals surface area contributed by atoms with Crippen molar-refractivity contribution in [3.05, 3.63) is 150 Å². The lowest BCUT2D eigenvalue weighted by Gasteiger charge is -2.47.